The number of hydrogen-bond acceptors (Lipinski definition) is 4. The van der Waals surface area contributed by atoms with Gasteiger partial charge in [0.15, 0.2) is 0 Å². The number of nitrogens with zero attached hydrogens (tertiary/aromatic N) is 2. The minimum absolute atomic E-state index is 0.165. The van der Waals surface area contributed by atoms with Crippen molar-refractivity contribution < 1.29 is 13.2 Å². The van der Waals surface area contributed by atoms with Crippen molar-refractivity contribution in [2.45, 2.75) is 24.3 Å². The Bertz CT molecular complexity index is 1190. The van der Waals surface area contributed by atoms with Gasteiger partial charge < -0.3 is 9.80 Å². The van der Waals surface area contributed by atoms with Crippen molar-refractivity contribution in [1.82, 2.24) is 4.90 Å². The van der Waals surface area contributed by atoms with Crippen LogP contribution in [0.15, 0.2) is 83.8 Å². The fourth-order valence-corrected chi connectivity index (χ4v) is 5.06. The predicted octanol–water partition coefficient (Wildman–Crippen LogP) is 4.36. The summed E-state index contributed by atoms with van der Waals surface area (Å²) < 4.78 is 27.8. The standard InChI is InChI=1S/C25H27N3O3S/c1-27(19-21-10-5-6-15-24(21)28-16-7-8-17-28)25(29)20-11-9-12-22(18-20)26-32(30,31)23-13-3-2-4-14-23/h2-6,9-15,18,26H,7-8,16-17,19H2,1H3. The summed E-state index contributed by atoms with van der Waals surface area (Å²) in [4.78, 5) is 17.3. The maximum Gasteiger partial charge on any atom is 0.261 e. The van der Waals surface area contributed by atoms with Crippen LogP contribution in [0, 0.1) is 0 Å². The van der Waals surface area contributed by atoms with E-state index in [1.165, 1.54) is 30.7 Å². The van der Waals surface area contributed by atoms with Crippen LogP contribution >= 0.6 is 0 Å². The summed E-state index contributed by atoms with van der Waals surface area (Å²) in [5, 5.41) is 0. The van der Waals surface area contributed by atoms with Crippen LogP contribution in [-0.4, -0.2) is 39.4 Å². The first-order valence-electron chi connectivity index (χ1n) is 10.7. The molecule has 0 atom stereocenters. The number of sulfonamides is 1. The predicted molar refractivity (Wildman–Crippen MR) is 127 cm³/mol. The molecule has 1 fully saturated rings. The molecule has 166 valence electrons. The third kappa shape index (κ3) is 4.94. The minimum atomic E-state index is -3.72. The lowest BCUT2D eigenvalue weighted by molar-refractivity contribution is 0.0785. The Labute approximate surface area is 189 Å². The normalized spacial score (nSPS) is 13.7. The number of carbonyl (C=O) groups is 1. The lowest BCUT2D eigenvalue weighted by Crippen LogP contribution is -2.28. The number of hydrogen-bond donors (Lipinski definition) is 1. The average molecular weight is 450 g/mol. The summed E-state index contributed by atoms with van der Waals surface area (Å²) >= 11 is 0. The van der Waals surface area contributed by atoms with Gasteiger partial charge in [0.05, 0.1) is 4.90 Å². The Kier molecular flexibility index (Phi) is 6.46. The van der Waals surface area contributed by atoms with E-state index in [0.717, 1.165) is 18.7 Å². The van der Waals surface area contributed by atoms with E-state index < -0.39 is 10.0 Å². The molecule has 0 spiro atoms. The molecule has 0 unspecified atom stereocenters. The van der Waals surface area contributed by atoms with Crippen molar-refractivity contribution in [3.05, 3.63) is 90.0 Å². The van der Waals surface area contributed by atoms with E-state index >= 15 is 0 Å². The first-order chi connectivity index (χ1) is 15.4. The van der Waals surface area contributed by atoms with Crippen molar-refractivity contribution in [3.63, 3.8) is 0 Å². The van der Waals surface area contributed by atoms with Crippen LogP contribution in [0.4, 0.5) is 11.4 Å². The number of amides is 1. The molecule has 1 saturated heterocycles. The molecule has 1 aliphatic rings. The molecule has 0 aromatic heterocycles. The van der Waals surface area contributed by atoms with E-state index in [-0.39, 0.29) is 10.8 Å². The highest BCUT2D eigenvalue weighted by atomic mass is 32.2. The van der Waals surface area contributed by atoms with Gasteiger partial charge in [-0.05, 0) is 54.8 Å². The highest BCUT2D eigenvalue weighted by Gasteiger charge is 2.19. The fourth-order valence-electron chi connectivity index (χ4n) is 3.99. The molecule has 4 rings (SSSR count). The number of para-hydroxylation sites is 1. The summed E-state index contributed by atoms with van der Waals surface area (Å²) in [7, 11) is -1.95. The molecule has 1 N–H and O–H groups in total. The van der Waals surface area contributed by atoms with Crippen molar-refractivity contribution >= 4 is 27.3 Å². The molecule has 7 heteroatoms. The Morgan fingerprint density at radius 1 is 0.938 bits per heavy atom. The lowest BCUT2D eigenvalue weighted by atomic mass is 10.1. The first-order valence-corrected chi connectivity index (χ1v) is 12.2. The molecule has 0 aliphatic carbocycles. The number of carbonyl (C=O) groups excluding carboxylic acids is 1. The maximum absolute atomic E-state index is 13.1. The quantitative estimate of drug-likeness (QED) is 0.582. The second-order valence-electron chi connectivity index (χ2n) is 7.98. The van der Waals surface area contributed by atoms with Crippen LogP contribution in [0.3, 0.4) is 0 Å². The topological polar surface area (TPSA) is 69.7 Å². The van der Waals surface area contributed by atoms with E-state index in [1.807, 2.05) is 12.1 Å². The SMILES string of the molecule is CN(Cc1ccccc1N1CCCC1)C(=O)c1cccc(NS(=O)(=O)c2ccccc2)c1. The third-order valence-electron chi connectivity index (χ3n) is 5.61. The lowest BCUT2D eigenvalue weighted by Gasteiger charge is -2.24. The summed E-state index contributed by atoms with van der Waals surface area (Å²) in [6.45, 7) is 2.56. The van der Waals surface area contributed by atoms with Gasteiger partial charge in [-0.2, -0.15) is 0 Å². The Hall–Kier alpha value is -3.32. The van der Waals surface area contributed by atoms with Crippen molar-refractivity contribution in [2.75, 3.05) is 29.8 Å². The number of benzene rings is 3. The van der Waals surface area contributed by atoms with Gasteiger partial charge >= 0.3 is 0 Å². The molecule has 1 aliphatic heterocycles. The summed E-state index contributed by atoms with van der Waals surface area (Å²) in [6, 6.07) is 22.9. The molecule has 6 nitrogen and oxygen atoms in total. The zero-order chi connectivity index (χ0) is 22.6. The molecular formula is C25H27N3O3S. The van der Waals surface area contributed by atoms with Gasteiger partial charge in [0.25, 0.3) is 15.9 Å². The highest BCUT2D eigenvalue weighted by Crippen LogP contribution is 2.26. The van der Waals surface area contributed by atoms with Crippen molar-refractivity contribution in [1.29, 1.82) is 0 Å². The first kappa shape index (κ1) is 21.9. The van der Waals surface area contributed by atoms with Crippen LogP contribution < -0.4 is 9.62 Å². The second kappa shape index (κ2) is 9.44. The zero-order valence-corrected chi connectivity index (χ0v) is 18.9. The van der Waals surface area contributed by atoms with Gasteiger partial charge in [0, 0.05) is 43.6 Å². The molecule has 0 radical (unpaired) electrons. The molecule has 32 heavy (non-hydrogen) atoms. The van der Waals surface area contributed by atoms with E-state index in [0.29, 0.717) is 17.8 Å². The summed E-state index contributed by atoms with van der Waals surface area (Å²) in [5.41, 5.74) is 3.06. The minimum Gasteiger partial charge on any atom is -0.371 e. The molecule has 1 amide bonds. The highest BCUT2D eigenvalue weighted by molar-refractivity contribution is 7.92. The molecular weight excluding hydrogens is 422 g/mol. The molecule has 0 saturated carbocycles. The third-order valence-corrected chi connectivity index (χ3v) is 7.01. The maximum atomic E-state index is 13.1. The number of anilines is 2. The van der Waals surface area contributed by atoms with E-state index in [1.54, 1.807) is 54.4 Å². The van der Waals surface area contributed by atoms with Crippen LogP contribution in [0.2, 0.25) is 0 Å². The fraction of sp³-hybridized carbons (Fsp3) is 0.240. The van der Waals surface area contributed by atoms with E-state index in [2.05, 4.69) is 21.8 Å². The van der Waals surface area contributed by atoms with Gasteiger partial charge in [0.1, 0.15) is 0 Å². The molecule has 0 bridgehead atoms. The number of nitrogens with one attached hydrogen (secondary N) is 1. The summed E-state index contributed by atoms with van der Waals surface area (Å²) in [6.07, 6.45) is 2.38. The van der Waals surface area contributed by atoms with Crippen molar-refractivity contribution in [2.24, 2.45) is 0 Å². The molecule has 3 aromatic carbocycles. The Balaban J connectivity index is 1.50. The van der Waals surface area contributed by atoms with Crippen LogP contribution in [-0.2, 0) is 16.6 Å². The monoisotopic (exact) mass is 449 g/mol. The van der Waals surface area contributed by atoms with E-state index in [9.17, 15) is 13.2 Å². The van der Waals surface area contributed by atoms with Crippen LogP contribution in [0.25, 0.3) is 0 Å². The van der Waals surface area contributed by atoms with Gasteiger partial charge in [-0.15, -0.1) is 0 Å². The van der Waals surface area contributed by atoms with Gasteiger partial charge in [0.2, 0.25) is 0 Å². The summed E-state index contributed by atoms with van der Waals surface area (Å²) in [5.74, 6) is -0.165. The Morgan fingerprint density at radius 3 is 2.38 bits per heavy atom. The molecule has 1 heterocycles. The van der Waals surface area contributed by atoms with Crippen LogP contribution in [0.5, 0.6) is 0 Å². The van der Waals surface area contributed by atoms with Gasteiger partial charge in [-0.3, -0.25) is 9.52 Å². The van der Waals surface area contributed by atoms with Crippen molar-refractivity contribution in [3.8, 4) is 0 Å². The van der Waals surface area contributed by atoms with Gasteiger partial charge in [-0.1, -0.05) is 42.5 Å². The smallest absolute Gasteiger partial charge is 0.261 e. The van der Waals surface area contributed by atoms with Gasteiger partial charge in [-0.25, -0.2) is 8.42 Å². The zero-order valence-electron chi connectivity index (χ0n) is 18.1. The Morgan fingerprint density at radius 2 is 1.62 bits per heavy atom. The largest absolute Gasteiger partial charge is 0.371 e. The number of rotatable bonds is 7. The average Bonchev–Trinajstić information content (AvgIpc) is 3.34. The molecule has 3 aromatic rings. The second-order valence-corrected chi connectivity index (χ2v) is 9.67. The van der Waals surface area contributed by atoms with E-state index in [4.69, 9.17) is 0 Å². The van der Waals surface area contributed by atoms with Crippen LogP contribution in [0.1, 0.15) is 28.8 Å².